The van der Waals surface area contributed by atoms with E-state index in [1.54, 1.807) is 0 Å². The summed E-state index contributed by atoms with van der Waals surface area (Å²) in [4.78, 5) is 28.9. The highest BCUT2D eigenvalue weighted by molar-refractivity contribution is 5.91. The molecule has 4 rings (SSSR count). The minimum Gasteiger partial charge on any atom is -0.492 e. The first-order chi connectivity index (χ1) is 14.0. The number of rotatable bonds is 6. The van der Waals surface area contributed by atoms with Crippen LogP contribution >= 0.6 is 0 Å². The standard InChI is InChI=1S/C20H26FN3O5/c1-29-18-16-13(19(27)22-20(28)24(16)12-2-3-12)10-14(21)17(18)23-7-4-11(5-8-23)15(26)6-9-25/h10-12,15,25-26H,2-9H2,1H3,(H,22,27,28). The van der Waals surface area contributed by atoms with E-state index >= 15 is 4.39 Å². The van der Waals surface area contributed by atoms with Gasteiger partial charge < -0.3 is 19.8 Å². The normalized spacial score (nSPS) is 19.0. The molecule has 2 heterocycles. The largest absolute Gasteiger partial charge is 0.492 e. The van der Waals surface area contributed by atoms with Gasteiger partial charge in [-0.2, -0.15) is 0 Å². The summed E-state index contributed by atoms with van der Waals surface area (Å²) in [5, 5.41) is 19.3. The number of ether oxygens (including phenoxy) is 1. The molecule has 1 aliphatic carbocycles. The molecule has 1 atom stereocenters. The lowest BCUT2D eigenvalue weighted by molar-refractivity contribution is 0.0670. The Morgan fingerprint density at radius 3 is 2.55 bits per heavy atom. The lowest BCUT2D eigenvalue weighted by atomic mass is 9.89. The van der Waals surface area contributed by atoms with Crippen molar-refractivity contribution in [3.05, 3.63) is 32.7 Å². The smallest absolute Gasteiger partial charge is 0.329 e. The minimum absolute atomic E-state index is 0.0200. The van der Waals surface area contributed by atoms with Crippen molar-refractivity contribution in [2.75, 3.05) is 31.7 Å². The number of hydrogen-bond donors (Lipinski definition) is 3. The van der Waals surface area contributed by atoms with Gasteiger partial charge in [-0.05, 0) is 44.1 Å². The van der Waals surface area contributed by atoms with Gasteiger partial charge in [0.2, 0.25) is 0 Å². The van der Waals surface area contributed by atoms with Gasteiger partial charge in [0.25, 0.3) is 5.56 Å². The first kappa shape index (κ1) is 19.9. The maximum atomic E-state index is 15.1. The van der Waals surface area contributed by atoms with E-state index in [1.165, 1.54) is 17.7 Å². The van der Waals surface area contributed by atoms with Crippen LogP contribution in [0.15, 0.2) is 15.7 Å². The second kappa shape index (κ2) is 7.79. The molecule has 1 aliphatic heterocycles. The van der Waals surface area contributed by atoms with Gasteiger partial charge in [-0.3, -0.25) is 14.3 Å². The molecule has 8 nitrogen and oxygen atoms in total. The van der Waals surface area contributed by atoms with Crippen molar-refractivity contribution in [1.29, 1.82) is 0 Å². The number of aromatic nitrogens is 2. The number of methoxy groups -OCH3 is 1. The zero-order valence-corrected chi connectivity index (χ0v) is 16.4. The predicted octanol–water partition coefficient (Wildman–Crippen LogP) is 1.13. The first-order valence-corrected chi connectivity index (χ1v) is 10.0. The number of aliphatic hydroxyl groups excluding tert-OH is 2. The van der Waals surface area contributed by atoms with Gasteiger partial charge in [-0.25, -0.2) is 9.18 Å². The molecule has 1 aromatic heterocycles. The highest BCUT2D eigenvalue weighted by Gasteiger charge is 2.33. The molecule has 158 valence electrons. The number of nitrogens with zero attached hydrogens (tertiary/aromatic N) is 2. The molecule has 0 bridgehead atoms. The minimum atomic E-state index is -0.628. The molecular weight excluding hydrogens is 381 g/mol. The summed E-state index contributed by atoms with van der Waals surface area (Å²) < 4.78 is 22.2. The lowest BCUT2D eigenvalue weighted by Gasteiger charge is -2.36. The SMILES string of the molecule is COc1c(N2CCC(C(O)CCO)CC2)c(F)cc2c(=O)[nH]c(=O)n(C3CC3)c12. The number of H-pyrrole nitrogens is 1. The monoisotopic (exact) mass is 407 g/mol. The van der Waals surface area contributed by atoms with Crippen LogP contribution in [0.1, 0.15) is 38.1 Å². The van der Waals surface area contributed by atoms with E-state index in [4.69, 9.17) is 9.84 Å². The summed E-state index contributed by atoms with van der Waals surface area (Å²) in [6, 6.07) is 1.16. The average Bonchev–Trinajstić information content (AvgIpc) is 3.53. The summed E-state index contributed by atoms with van der Waals surface area (Å²) in [5.41, 5.74) is -0.555. The Kier molecular flexibility index (Phi) is 5.35. The van der Waals surface area contributed by atoms with Crippen molar-refractivity contribution in [3.63, 3.8) is 0 Å². The maximum Gasteiger partial charge on any atom is 0.329 e. The fourth-order valence-electron chi connectivity index (χ4n) is 4.39. The summed E-state index contributed by atoms with van der Waals surface area (Å²) in [6.07, 6.45) is 2.69. The Balaban J connectivity index is 1.78. The van der Waals surface area contributed by atoms with Gasteiger partial charge in [-0.1, -0.05) is 0 Å². The molecule has 1 saturated heterocycles. The molecule has 2 aliphatic rings. The molecule has 1 aromatic carbocycles. The van der Waals surface area contributed by atoms with Gasteiger partial charge in [0.05, 0.1) is 18.6 Å². The number of benzene rings is 1. The van der Waals surface area contributed by atoms with E-state index in [0.717, 1.165) is 12.8 Å². The van der Waals surface area contributed by atoms with E-state index in [1.807, 2.05) is 4.90 Å². The number of aliphatic hydroxyl groups is 2. The van der Waals surface area contributed by atoms with Crippen molar-refractivity contribution in [2.24, 2.45) is 5.92 Å². The quantitative estimate of drug-likeness (QED) is 0.663. The predicted molar refractivity (Wildman–Crippen MR) is 106 cm³/mol. The van der Waals surface area contributed by atoms with Crippen molar-refractivity contribution < 1.29 is 19.3 Å². The number of nitrogens with one attached hydrogen (secondary N) is 1. The second-order valence-electron chi connectivity index (χ2n) is 7.90. The van der Waals surface area contributed by atoms with E-state index in [0.29, 0.717) is 37.9 Å². The van der Waals surface area contributed by atoms with E-state index in [9.17, 15) is 14.7 Å². The average molecular weight is 407 g/mol. The molecule has 3 N–H and O–H groups in total. The Bertz CT molecular complexity index is 1020. The van der Waals surface area contributed by atoms with Gasteiger partial charge in [0, 0.05) is 25.7 Å². The van der Waals surface area contributed by atoms with Crippen LogP contribution in [0.5, 0.6) is 5.75 Å². The van der Waals surface area contributed by atoms with Crippen LogP contribution in [0.4, 0.5) is 10.1 Å². The number of halogens is 1. The van der Waals surface area contributed by atoms with Gasteiger partial charge in [-0.15, -0.1) is 0 Å². The molecule has 0 radical (unpaired) electrons. The summed E-state index contributed by atoms with van der Waals surface area (Å²) in [7, 11) is 1.42. The van der Waals surface area contributed by atoms with Crippen LogP contribution in [0.3, 0.4) is 0 Å². The Hall–Kier alpha value is -2.39. The second-order valence-corrected chi connectivity index (χ2v) is 7.90. The third-order valence-electron chi connectivity index (χ3n) is 6.05. The molecule has 29 heavy (non-hydrogen) atoms. The van der Waals surface area contributed by atoms with Crippen LogP contribution in [0.2, 0.25) is 0 Å². The molecule has 1 unspecified atom stereocenters. The fraction of sp³-hybridized carbons (Fsp3) is 0.600. The molecule has 0 spiro atoms. The molecule has 1 saturated carbocycles. The summed E-state index contributed by atoms with van der Waals surface area (Å²) in [6.45, 7) is 0.938. The maximum absolute atomic E-state index is 15.1. The summed E-state index contributed by atoms with van der Waals surface area (Å²) in [5.74, 6) is -0.333. The zero-order chi connectivity index (χ0) is 20.7. The Morgan fingerprint density at radius 2 is 1.97 bits per heavy atom. The topological polar surface area (TPSA) is 108 Å². The number of anilines is 1. The van der Waals surface area contributed by atoms with Gasteiger partial charge in [0.15, 0.2) is 11.6 Å². The molecule has 2 aromatic rings. The van der Waals surface area contributed by atoms with Crippen LogP contribution in [0, 0.1) is 11.7 Å². The fourth-order valence-corrected chi connectivity index (χ4v) is 4.39. The number of aromatic amines is 1. The lowest BCUT2D eigenvalue weighted by Crippen LogP contribution is -2.39. The summed E-state index contributed by atoms with van der Waals surface area (Å²) >= 11 is 0. The molecule has 2 fully saturated rings. The Labute approximate surface area is 166 Å². The number of piperidine rings is 1. The van der Waals surface area contributed by atoms with Crippen molar-refractivity contribution in [2.45, 2.75) is 44.2 Å². The van der Waals surface area contributed by atoms with Gasteiger partial charge in [0.1, 0.15) is 11.2 Å². The molecule has 9 heteroatoms. The molecule has 0 amide bonds. The van der Waals surface area contributed by atoms with E-state index in [2.05, 4.69) is 4.98 Å². The van der Waals surface area contributed by atoms with E-state index in [-0.39, 0.29) is 35.4 Å². The number of fused-ring (bicyclic) bond motifs is 1. The van der Waals surface area contributed by atoms with Crippen LogP contribution in [-0.2, 0) is 0 Å². The van der Waals surface area contributed by atoms with Crippen molar-refractivity contribution in [3.8, 4) is 5.75 Å². The first-order valence-electron chi connectivity index (χ1n) is 10.0. The third kappa shape index (κ3) is 3.53. The van der Waals surface area contributed by atoms with Crippen molar-refractivity contribution >= 4 is 16.6 Å². The third-order valence-corrected chi connectivity index (χ3v) is 6.05. The zero-order valence-electron chi connectivity index (χ0n) is 16.4. The Morgan fingerprint density at radius 1 is 1.28 bits per heavy atom. The van der Waals surface area contributed by atoms with Crippen molar-refractivity contribution in [1.82, 2.24) is 9.55 Å². The molecular formula is C20H26FN3O5. The highest BCUT2D eigenvalue weighted by Crippen LogP contribution is 2.43. The highest BCUT2D eigenvalue weighted by atomic mass is 19.1. The van der Waals surface area contributed by atoms with E-state index < -0.39 is 23.2 Å². The van der Waals surface area contributed by atoms with Crippen LogP contribution < -0.4 is 20.9 Å². The number of hydrogen-bond acceptors (Lipinski definition) is 6. The van der Waals surface area contributed by atoms with Gasteiger partial charge >= 0.3 is 5.69 Å². The van der Waals surface area contributed by atoms with Crippen LogP contribution in [-0.4, -0.2) is 52.7 Å². The van der Waals surface area contributed by atoms with Crippen LogP contribution in [0.25, 0.3) is 10.9 Å².